The molecular formula is C35H46N6O5S. The summed E-state index contributed by atoms with van der Waals surface area (Å²) in [5, 5.41) is 8.64. The van der Waals surface area contributed by atoms with Gasteiger partial charge in [-0.3, -0.25) is 18.8 Å². The molecule has 1 unspecified atom stereocenters. The Balaban J connectivity index is 1.27. The maximum atomic E-state index is 13.4. The molecule has 0 radical (unpaired) electrons. The van der Waals surface area contributed by atoms with Crippen molar-refractivity contribution >= 4 is 33.5 Å². The third-order valence-corrected chi connectivity index (χ3v) is 11.5. The van der Waals surface area contributed by atoms with Crippen LogP contribution < -0.4 is 4.90 Å². The smallest absolute Gasteiger partial charge is 0.306 e. The third-order valence-electron chi connectivity index (χ3n) is 9.55. The van der Waals surface area contributed by atoms with Crippen LogP contribution in [0, 0.1) is 13.8 Å². The van der Waals surface area contributed by atoms with E-state index in [0.29, 0.717) is 31.1 Å². The summed E-state index contributed by atoms with van der Waals surface area (Å²) in [6.07, 6.45) is 0.944. The average molecular weight is 663 g/mol. The molecule has 1 atom stereocenters. The number of para-hydroxylation sites is 1. The number of carbonyl (C=O) groups is 1. The largest absolute Gasteiger partial charge is 0.466 e. The number of carbonyl (C=O) groups excluding carboxylic acids is 1. The van der Waals surface area contributed by atoms with Crippen molar-refractivity contribution in [2.45, 2.75) is 44.0 Å². The van der Waals surface area contributed by atoms with Crippen molar-refractivity contribution in [2.75, 3.05) is 64.5 Å². The zero-order valence-corrected chi connectivity index (χ0v) is 28.6. The number of esters is 1. The van der Waals surface area contributed by atoms with E-state index in [1.807, 2.05) is 52.2 Å². The molecule has 3 heterocycles. The Morgan fingerprint density at radius 3 is 2.62 bits per heavy atom. The van der Waals surface area contributed by atoms with Crippen LogP contribution in [0.4, 0.5) is 5.69 Å². The second kappa shape index (κ2) is 14.3. The summed E-state index contributed by atoms with van der Waals surface area (Å²) in [6, 6.07) is 17.8. The lowest BCUT2D eigenvalue weighted by Crippen LogP contribution is -2.37. The predicted molar refractivity (Wildman–Crippen MR) is 185 cm³/mol. The van der Waals surface area contributed by atoms with Gasteiger partial charge in [0.15, 0.2) is 0 Å². The third kappa shape index (κ3) is 7.18. The number of aromatic nitrogens is 3. The molecule has 3 aromatic carbocycles. The number of likely N-dealkylation sites (N-methyl/N-ethyl adjacent to an activating group) is 1. The van der Waals surface area contributed by atoms with Gasteiger partial charge in [-0.15, -0.1) is 15.9 Å². The molecule has 47 heavy (non-hydrogen) atoms. The molecule has 0 saturated carbocycles. The Kier molecular flexibility index (Phi) is 10.2. The van der Waals surface area contributed by atoms with E-state index in [1.165, 1.54) is 0 Å². The maximum Gasteiger partial charge on any atom is 0.306 e. The van der Waals surface area contributed by atoms with E-state index in [4.69, 9.17) is 9.47 Å². The first-order valence-corrected chi connectivity index (χ1v) is 17.8. The van der Waals surface area contributed by atoms with Crippen LogP contribution in [-0.2, 0) is 27.9 Å². The molecule has 0 bridgehead atoms. The van der Waals surface area contributed by atoms with Crippen molar-refractivity contribution in [3.8, 4) is 0 Å². The predicted octanol–water partition coefficient (Wildman–Crippen LogP) is 5.35. The fourth-order valence-electron chi connectivity index (χ4n) is 6.65. The molecular weight excluding hydrogens is 616 g/mol. The second-order valence-electron chi connectivity index (χ2n) is 12.6. The number of nitrogens with zero attached hydrogens (tertiary/aromatic N) is 6. The van der Waals surface area contributed by atoms with Gasteiger partial charge in [0.25, 0.3) is 0 Å². The highest BCUT2D eigenvalue weighted by molar-refractivity contribution is 8.22. The van der Waals surface area contributed by atoms with Gasteiger partial charge in [0.1, 0.15) is 5.52 Å². The molecule has 1 fully saturated rings. The molecule has 1 saturated heterocycles. The van der Waals surface area contributed by atoms with Crippen LogP contribution in [-0.4, -0.2) is 98.9 Å². The van der Waals surface area contributed by atoms with Crippen LogP contribution in [0.25, 0.3) is 11.0 Å². The molecule has 4 aromatic rings. The number of hydrogen-bond acceptors (Lipinski definition) is 10. The van der Waals surface area contributed by atoms with Gasteiger partial charge in [-0.1, -0.05) is 41.6 Å². The molecule has 6 rings (SSSR count). The zero-order chi connectivity index (χ0) is 33.1. The lowest BCUT2D eigenvalue weighted by atomic mass is 9.84. The Bertz CT molecular complexity index is 1720. The Labute approximate surface area is 278 Å². The minimum absolute atomic E-state index is 0.170. The maximum absolute atomic E-state index is 13.4. The standard InChI is InChI=1S/C35H46N6O5S/c1-25-10-11-27(22-28(25)24-41-16-15-38(3)31-8-5-6-9-33(31)47(41,43)44)30(29-12-13-32-35(26(29)2)36-37-39(32)4)23-34(42)46-19-7-14-40-17-20-45-21-18-40/h5-6,8-13,22,30,43-44H,7,14-21,23-24H2,1-4H3. The quantitative estimate of drug-likeness (QED) is 0.170. The van der Waals surface area contributed by atoms with Crippen LogP contribution in [0.3, 0.4) is 0 Å². The van der Waals surface area contributed by atoms with Gasteiger partial charge in [0.2, 0.25) is 0 Å². The van der Waals surface area contributed by atoms with E-state index in [2.05, 4.69) is 44.4 Å². The highest BCUT2D eigenvalue weighted by atomic mass is 32.3. The number of fused-ring (bicyclic) bond motifs is 2. The number of hydrogen-bond donors (Lipinski definition) is 2. The number of rotatable bonds is 10. The van der Waals surface area contributed by atoms with E-state index in [9.17, 15) is 13.9 Å². The van der Waals surface area contributed by atoms with E-state index >= 15 is 0 Å². The summed E-state index contributed by atoms with van der Waals surface area (Å²) >= 11 is 0. The van der Waals surface area contributed by atoms with Crippen LogP contribution in [0.1, 0.15) is 46.6 Å². The highest BCUT2D eigenvalue weighted by Gasteiger charge is 2.32. The van der Waals surface area contributed by atoms with Crippen LogP contribution in [0.15, 0.2) is 59.5 Å². The fourth-order valence-corrected chi connectivity index (χ4v) is 8.35. The van der Waals surface area contributed by atoms with Crippen LogP contribution in [0.2, 0.25) is 0 Å². The molecule has 0 amide bonds. The fraction of sp³-hybridized carbons (Fsp3) is 0.457. The summed E-state index contributed by atoms with van der Waals surface area (Å²) in [5.41, 5.74) is 7.52. The summed E-state index contributed by atoms with van der Waals surface area (Å²) in [6.45, 7) is 10.1. The Hall–Kier alpha value is -3.52. The minimum atomic E-state index is -3.23. The van der Waals surface area contributed by atoms with Gasteiger partial charge in [-0.25, -0.2) is 4.68 Å². The van der Waals surface area contributed by atoms with Gasteiger partial charge in [0.05, 0.1) is 42.3 Å². The van der Waals surface area contributed by atoms with Gasteiger partial charge in [-0.2, -0.15) is 4.31 Å². The first kappa shape index (κ1) is 33.4. The first-order valence-electron chi connectivity index (χ1n) is 16.3. The van der Waals surface area contributed by atoms with Gasteiger partial charge < -0.3 is 14.4 Å². The van der Waals surface area contributed by atoms with E-state index in [1.54, 1.807) is 15.1 Å². The summed E-state index contributed by atoms with van der Waals surface area (Å²) < 4.78 is 38.0. The molecule has 12 heteroatoms. The Morgan fingerprint density at radius 1 is 1.02 bits per heavy atom. The monoisotopic (exact) mass is 662 g/mol. The van der Waals surface area contributed by atoms with E-state index in [-0.39, 0.29) is 18.3 Å². The van der Waals surface area contributed by atoms with Crippen molar-refractivity contribution in [1.29, 1.82) is 0 Å². The van der Waals surface area contributed by atoms with E-state index < -0.39 is 10.8 Å². The van der Waals surface area contributed by atoms with Crippen molar-refractivity contribution in [1.82, 2.24) is 24.2 Å². The number of ether oxygens (including phenoxy) is 2. The molecule has 0 spiro atoms. The van der Waals surface area contributed by atoms with Crippen LogP contribution in [0.5, 0.6) is 0 Å². The number of morpholine rings is 1. The normalized spacial score (nSPS) is 18.5. The first-order chi connectivity index (χ1) is 22.6. The molecule has 0 aliphatic carbocycles. The number of aryl methyl sites for hydroxylation is 3. The van der Waals surface area contributed by atoms with Crippen molar-refractivity contribution in [3.05, 3.63) is 82.4 Å². The van der Waals surface area contributed by atoms with Crippen LogP contribution >= 0.6 is 10.8 Å². The van der Waals surface area contributed by atoms with Crippen molar-refractivity contribution < 1.29 is 23.4 Å². The Morgan fingerprint density at radius 2 is 1.81 bits per heavy atom. The molecule has 2 aliphatic heterocycles. The van der Waals surface area contributed by atoms with Gasteiger partial charge in [0, 0.05) is 59.3 Å². The molecule has 252 valence electrons. The summed E-state index contributed by atoms with van der Waals surface area (Å²) in [5.74, 6) is -0.539. The molecule has 2 aliphatic rings. The lowest BCUT2D eigenvalue weighted by Gasteiger charge is -2.42. The van der Waals surface area contributed by atoms with E-state index in [0.717, 1.165) is 83.8 Å². The minimum Gasteiger partial charge on any atom is -0.466 e. The lowest BCUT2D eigenvalue weighted by molar-refractivity contribution is -0.144. The van der Waals surface area contributed by atoms with Gasteiger partial charge >= 0.3 is 5.97 Å². The topological polar surface area (TPSA) is 116 Å². The number of anilines is 1. The second-order valence-corrected chi connectivity index (χ2v) is 14.6. The highest BCUT2D eigenvalue weighted by Crippen LogP contribution is 2.56. The average Bonchev–Trinajstić information content (AvgIpc) is 3.42. The number of benzene rings is 3. The van der Waals surface area contributed by atoms with Crippen molar-refractivity contribution in [3.63, 3.8) is 0 Å². The van der Waals surface area contributed by atoms with Crippen molar-refractivity contribution in [2.24, 2.45) is 7.05 Å². The molecule has 2 N–H and O–H groups in total. The van der Waals surface area contributed by atoms with Gasteiger partial charge in [-0.05, 0) is 66.3 Å². The molecule has 1 aromatic heterocycles. The summed E-state index contributed by atoms with van der Waals surface area (Å²) in [4.78, 5) is 18.4. The molecule has 11 nitrogen and oxygen atoms in total. The summed E-state index contributed by atoms with van der Waals surface area (Å²) in [7, 11) is 0.618. The SMILES string of the molecule is Cc1ccc(C(CC(=O)OCCCN2CCOCC2)c2ccc3c(nnn3C)c2C)cc1CN1CCN(C)c2ccccc2S1(O)O. The zero-order valence-electron chi connectivity index (χ0n) is 27.8.